The summed E-state index contributed by atoms with van der Waals surface area (Å²) in [6, 6.07) is 3.44. The van der Waals surface area contributed by atoms with Crippen molar-refractivity contribution < 1.29 is 32.2 Å². The van der Waals surface area contributed by atoms with Gasteiger partial charge in [-0.05, 0) is 44.9 Å². The molecule has 0 spiro atoms. The highest BCUT2D eigenvalue weighted by molar-refractivity contribution is 7.89. The minimum atomic E-state index is -3.99. The first-order valence-corrected chi connectivity index (χ1v) is 9.83. The van der Waals surface area contributed by atoms with Crippen molar-refractivity contribution in [3.63, 3.8) is 0 Å². The lowest BCUT2D eigenvalue weighted by atomic mass is 10.0. The van der Waals surface area contributed by atoms with Gasteiger partial charge in [-0.25, -0.2) is 17.5 Å². The van der Waals surface area contributed by atoms with E-state index in [9.17, 15) is 17.6 Å². The lowest BCUT2D eigenvalue weighted by Gasteiger charge is -2.25. The van der Waals surface area contributed by atoms with Crippen molar-refractivity contribution in [3.8, 4) is 5.75 Å². The minimum absolute atomic E-state index is 0.0130. The highest BCUT2D eigenvalue weighted by Gasteiger charge is 2.27. The van der Waals surface area contributed by atoms with Crippen LogP contribution in [-0.4, -0.2) is 44.9 Å². The molecule has 1 aliphatic rings. The molecular formula is C17H24FNO6S. The Kier molecular flexibility index (Phi) is 6.59. The van der Waals surface area contributed by atoms with E-state index >= 15 is 0 Å². The SMILES string of the molecule is CC(C)(CCC(=O)O)NS(=O)(=O)c1ccc(OCC2CCOC2)c(F)c1. The van der Waals surface area contributed by atoms with E-state index in [0.29, 0.717) is 19.8 Å². The molecule has 7 nitrogen and oxygen atoms in total. The van der Waals surface area contributed by atoms with Crippen molar-refractivity contribution >= 4 is 16.0 Å². The Morgan fingerprint density at radius 3 is 2.77 bits per heavy atom. The molecule has 1 aliphatic heterocycles. The van der Waals surface area contributed by atoms with Gasteiger partial charge in [0.1, 0.15) is 0 Å². The summed E-state index contributed by atoms with van der Waals surface area (Å²) in [5, 5.41) is 8.74. The quantitative estimate of drug-likeness (QED) is 0.671. The van der Waals surface area contributed by atoms with Gasteiger partial charge in [0.2, 0.25) is 10.0 Å². The fourth-order valence-corrected chi connectivity index (χ4v) is 4.03. The van der Waals surface area contributed by atoms with E-state index in [2.05, 4.69) is 4.72 Å². The number of aliphatic carboxylic acids is 1. The summed E-state index contributed by atoms with van der Waals surface area (Å²) >= 11 is 0. The lowest BCUT2D eigenvalue weighted by molar-refractivity contribution is -0.137. The molecule has 2 N–H and O–H groups in total. The third-order valence-electron chi connectivity index (χ3n) is 4.09. The Morgan fingerprint density at radius 1 is 1.46 bits per heavy atom. The Labute approximate surface area is 152 Å². The van der Waals surface area contributed by atoms with Crippen LogP contribution in [0.5, 0.6) is 5.75 Å². The van der Waals surface area contributed by atoms with E-state index in [4.69, 9.17) is 14.6 Å². The fraction of sp³-hybridized carbons (Fsp3) is 0.588. The molecule has 0 radical (unpaired) electrons. The van der Waals surface area contributed by atoms with Gasteiger partial charge in [0.25, 0.3) is 0 Å². The monoisotopic (exact) mass is 389 g/mol. The highest BCUT2D eigenvalue weighted by Crippen LogP contribution is 2.24. The molecule has 146 valence electrons. The normalized spacial score (nSPS) is 18.0. The molecule has 1 aromatic carbocycles. The van der Waals surface area contributed by atoms with Crippen LogP contribution < -0.4 is 9.46 Å². The zero-order chi connectivity index (χ0) is 19.4. The molecule has 1 fully saturated rings. The molecule has 1 saturated heterocycles. The molecule has 1 heterocycles. The van der Waals surface area contributed by atoms with Crippen molar-refractivity contribution in [1.82, 2.24) is 4.72 Å². The maximum absolute atomic E-state index is 14.2. The van der Waals surface area contributed by atoms with Crippen LogP contribution in [0.2, 0.25) is 0 Å². The van der Waals surface area contributed by atoms with Crippen LogP contribution in [0, 0.1) is 11.7 Å². The van der Waals surface area contributed by atoms with Gasteiger partial charge in [0.05, 0.1) is 18.1 Å². The molecule has 1 aromatic rings. The summed E-state index contributed by atoms with van der Waals surface area (Å²) in [6.07, 6.45) is 0.777. The zero-order valence-corrected chi connectivity index (χ0v) is 15.6. The van der Waals surface area contributed by atoms with Crippen molar-refractivity contribution in [3.05, 3.63) is 24.0 Å². The first-order chi connectivity index (χ1) is 12.1. The molecule has 0 aliphatic carbocycles. The van der Waals surface area contributed by atoms with Crippen LogP contribution in [0.25, 0.3) is 0 Å². The van der Waals surface area contributed by atoms with E-state index < -0.39 is 27.3 Å². The molecule has 0 saturated carbocycles. The second-order valence-corrected chi connectivity index (χ2v) is 8.70. The van der Waals surface area contributed by atoms with Crippen LogP contribution >= 0.6 is 0 Å². The van der Waals surface area contributed by atoms with E-state index in [1.807, 2.05) is 0 Å². The summed E-state index contributed by atoms with van der Waals surface area (Å²) in [4.78, 5) is 10.4. The van der Waals surface area contributed by atoms with E-state index in [1.54, 1.807) is 13.8 Å². The molecule has 2 rings (SSSR count). The summed E-state index contributed by atoms with van der Waals surface area (Å²) < 4.78 is 52.1. The first-order valence-electron chi connectivity index (χ1n) is 8.35. The van der Waals surface area contributed by atoms with E-state index in [-0.39, 0.29) is 29.4 Å². The number of carboxylic acids is 1. The number of halogens is 1. The van der Waals surface area contributed by atoms with Crippen molar-refractivity contribution in [2.45, 2.75) is 43.5 Å². The Hall–Kier alpha value is -1.71. The van der Waals surface area contributed by atoms with Crippen LogP contribution in [0.1, 0.15) is 33.1 Å². The second kappa shape index (κ2) is 8.32. The van der Waals surface area contributed by atoms with Crippen molar-refractivity contribution in [1.29, 1.82) is 0 Å². The van der Waals surface area contributed by atoms with Gasteiger partial charge in [-0.3, -0.25) is 4.79 Å². The number of hydrogen-bond donors (Lipinski definition) is 2. The molecular weight excluding hydrogens is 365 g/mol. The Morgan fingerprint density at radius 2 is 2.19 bits per heavy atom. The van der Waals surface area contributed by atoms with Crippen LogP contribution in [0.4, 0.5) is 4.39 Å². The van der Waals surface area contributed by atoms with Crippen LogP contribution in [-0.2, 0) is 19.6 Å². The van der Waals surface area contributed by atoms with E-state index in [1.165, 1.54) is 12.1 Å². The third-order valence-corrected chi connectivity index (χ3v) is 5.78. The van der Waals surface area contributed by atoms with Crippen molar-refractivity contribution in [2.75, 3.05) is 19.8 Å². The Bertz CT molecular complexity index is 744. The highest BCUT2D eigenvalue weighted by atomic mass is 32.2. The predicted molar refractivity (Wildman–Crippen MR) is 92.1 cm³/mol. The van der Waals surface area contributed by atoms with Gasteiger partial charge in [0.15, 0.2) is 11.6 Å². The zero-order valence-electron chi connectivity index (χ0n) is 14.8. The topological polar surface area (TPSA) is 102 Å². The average molecular weight is 389 g/mol. The summed E-state index contributed by atoms with van der Waals surface area (Å²) in [6.45, 7) is 4.69. The second-order valence-electron chi connectivity index (χ2n) is 7.02. The van der Waals surface area contributed by atoms with Gasteiger partial charge in [0, 0.05) is 24.5 Å². The molecule has 0 bridgehead atoms. The number of hydrogen-bond acceptors (Lipinski definition) is 5. The van der Waals surface area contributed by atoms with Gasteiger partial charge >= 0.3 is 5.97 Å². The number of nitrogens with one attached hydrogen (secondary N) is 1. The largest absolute Gasteiger partial charge is 0.490 e. The fourth-order valence-electron chi connectivity index (χ4n) is 2.58. The van der Waals surface area contributed by atoms with E-state index in [0.717, 1.165) is 12.5 Å². The molecule has 1 unspecified atom stereocenters. The van der Waals surface area contributed by atoms with Gasteiger partial charge < -0.3 is 14.6 Å². The standard InChI is InChI=1S/C17H24FNO6S/c1-17(2,7-5-16(20)21)19-26(22,23)13-3-4-15(14(18)9-13)25-11-12-6-8-24-10-12/h3-4,9,12,19H,5-8,10-11H2,1-2H3,(H,20,21). The van der Waals surface area contributed by atoms with Crippen LogP contribution in [0.15, 0.2) is 23.1 Å². The maximum atomic E-state index is 14.2. The number of carbonyl (C=O) groups is 1. The average Bonchev–Trinajstić information content (AvgIpc) is 3.04. The molecule has 9 heteroatoms. The number of carboxylic acid groups (broad SMARTS) is 1. The van der Waals surface area contributed by atoms with Crippen LogP contribution in [0.3, 0.4) is 0 Å². The molecule has 26 heavy (non-hydrogen) atoms. The maximum Gasteiger partial charge on any atom is 0.303 e. The summed E-state index contributed by atoms with van der Waals surface area (Å²) in [5.74, 6) is -1.59. The number of rotatable bonds is 9. The summed E-state index contributed by atoms with van der Waals surface area (Å²) in [7, 11) is -3.99. The lowest BCUT2D eigenvalue weighted by Crippen LogP contribution is -2.43. The van der Waals surface area contributed by atoms with Crippen molar-refractivity contribution in [2.24, 2.45) is 5.92 Å². The molecule has 0 amide bonds. The third kappa shape index (κ3) is 5.93. The minimum Gasteiger partial charge on any atom is -0.490 e. The molecule has 1 atom stereocenters. The van der Waals surface area contributed by atoms with Gasteiger partial charge in [-0.15, -0.1) is 0 Å². The smallest absolute Gasteiger partial charge is 0.303 e. The number of sulfonamides is 1. The summed E-state index contributed by atoms with van der Waals surface area (Å²) in [5.41, 5.74) is -0.981. The van der Waals surface area contributed by atoms with Gasteiger partial charge in [-0.1, -0.05) is 0 Å². The number of ether oxygens (including phenoxy) is 2. The predicted octanol–water partition coefficient (Wildman–Crippen LogP) is 2.16. The Balaban J connectivity index is 2.04. The number of benzene rings is 1. The molecule has 0 aromatic heterocycles. The first kappa shape index (κ1) is 20.6. The van der Waals surface area contributed by atoms with Gasteiger partial charge in [-0.2, -0.15) is 0 Å².